The van der Waals surface area contributed by atoms with Crippen LogP contribution in [0.3, 0.4) is 0 Å². The third-order valence-corrected chi connectivity index (χ3v) is 3.59. The van der Waals surface area contributed by atoms with Crippen molar-refractivity contribution in [1.82, 2.24) is 0 Å². The van der Waals surface area contributed by atoms with Crippen LogP contribution in [0.15, 0.2) is 52.9 Å². The van der Waals surface area contributed by atoms with Gasteiger partial charge in [0.2, 0.25) is 0 Å². The van der Waals surface area contributed by atoms with Gasteiger partial charge in [-0.05, 0) is 48.0 Å². The molecule has 0 atom stereocenters. The van der Waals surface area contributed by atoms with Crippen molar-refractivity contribution < 1.29 is 9.15 Å². The number of methoxy groups -OCH3 is 1. The lowest BCUT2D eigenvalue weighted by Crippen LogP contribution is -2.07. The van der Waals surface area contributed by atoms with Gasteiger partial charge in [0.15, 0.2) is 0 Å². The molecular weight excluding hydrogens is 274 g/mol. The summed E-state index contributed by atoms with van der Waals surface area (Å²) >= 11 is 0. The Morgan fingerprint density at radius 3 is 2.41 bits per heavy atom. The first-order valence-electron chi connectivity index (χ1n) is 7.19. The van der Waals surface area contributed by atoms with Gasteiger partial charge in [-0.25, -0.2) is 0 Å². The Balaban J connectivity index is 1.82. The van der Waals surface area contributed by atoms with E-state index >= 15 is 0 Å². The van der Waals surface area contributed by atoms with Crippen LogP contribution in [0.1, 0.15) is 11.3 Å². The van der Waals surface area contributed by atoms with E-state index in [9.17, 15) is 0 Å². The molecule has 0 aliphatic carbocycles. The number of anilines is 1. The van der Waals surface area contributed by atoms with Crippen molar-refractivity contribution in [2.24, 2.45) is 0 Å². The van der Waals surface area contributed by atoms with E-state index in [1.807, 2.05) is 50.5 Å². The number of rotatable bonds is 4. The quantitative estimate of drug-likeness (QED) is 0.698. The lowest BCUT2D eigenvalue weighted by Gasteiger charge is -2.11. The molecule has 22 heavy (non-hydrogen) atoms. The van der Waals surface area contributed by atoms with Crippen LogP contribution in [0.2, 0.25) is 0 Å². The Hall–Kier alpha value is -2.68. The Morgan fingerprint density at radius 1 is 0.955 bits per heavy atom. The number of benzene rings is 2. The summed E-state index contributed by atoms with van der Waals surface area (Å²) in [7, 11) is 5.74. The zero-order valence-electron chi connectivity index (χ0n) is 13.0. The van der Waals surface area contributed by atoms with Gasteiger partial charge in [0.05, 0.1) is 7.11 Å². The monoisotopic (exact) mass is 293 g/mol. The molecule has 0 amide bonds. The van der Waals surface area contributed by atoms with Gasteiger partial charge in [-0.15, -0.1) is 0 Å². The summed E-state index contributed by atoms with van der Waals surface area (Å²) in [6.45, 7) is 0. The second kappa shape index (κ2) is 5.98. The Morgan fingerprint density at radius 2 is 1.73 bits per heavy atom. The van der Waals surface area contributed by atoms with Crippen LogP contribution in [0.25, 0.3) is 23.1 Å². The van der Waals surface area contributed by atoms with Crippen molar-refractivity contribution in [3.8, 4) is 5.75 Å². The SMILES string of the molecule is COc1ccc2oc(/C=C/c3ccc(N(C)C)cc3)cc2c1. The predicted molar refractivity (Wildman–Crippen MR) is 92.5 cm³/mol. The Kier molecular flexibility index (Phi) is 3.88. The van der Waals surface area contributed by atoms with Crippen LogP contribution in [0, 0.1) is 0 Å². The first-order valence-corrected chi connectivity index (χ1v) is 7.19. The molecule has 2 aromatic carbocycles. The summed E-state index contributed by atoms with van der Waals surface area (Å²) in [6.07, 6.45) is 4.03. The molecule has 3 nitrogen and oxygen atoms in total. The number of furan rings is 1. The summed E-state index contributed by atoms with van der Waals surface area (Å²) in [5, 5.41) is 1.04. The maximum Gasteiger partial charge on any atom is 0.135 e. The maximum absolute atomic E-state index is 5.80. The van der Waals surface area contributed by atoms with Crippen molar-refractivity contribution >= 4 is 28.8 Å². The molecule has 0 aliphatic heterocycles. The van der Waals surface area contributed by atoms with E-state index in [4.69, 9.17) is 9.15 Å². The van der Waals surface area contributed by atoms with E-state index in [-0.39, 0.29) is 0 Å². The minimum Gasteiger partial charge on any atom is -0.497 e. The highest BCUT2D eigenvalue weighted by molar-refractivity contribution is 5.83. The second-order valence-corrected chi connectivity index (χ2v) is 5.37. The third kappa shape index (κ3) is 2.98. The van der Waals surface area contributed by atoms with Gasteiger partial charge >= 0.3 is 0 Å². The number of hydrogen-bond donors (Lipinski definition) is 0. The van der Waals surface area contributed by atoms with Gasteiger partial charge in [0.1, 0.15) is 17.1 Å². The van der Waals surface area contributed by atoms with Crippen molar-refractivity contribution in [3.63, 3.8) is 0 Å². The lowest BCUT2D eigenvalue weighted by molar-refractivity contribution is 0.415. The van der Waals surface area contributed by atoms with Crippen LogP contribution in [-0.4, -0.2) is 21.2 Å². The molecule has 0 unspecified atom stereocenters. The van der Waals surface area contributed by atoms with Gasteiger partial charge in [-0.2, -0.15) is 0 Å². The fraction of sp³-hybridized carbons (Fsp3) is 0.158. The number of nitrogens with zero attached hydrogens (tertiary/aromatic N) is 1. The normalized spacial score (nSPS) is 11.2. The van der Waals surface area contributed by atoms with E-state index < -0.39 is 0 Å². The molecule has 0 fully saturated rings. The molecule has 0 aliphatic rings. The highest BCUT2D eigenvalue weighted by Crippen LogP contribution is 2.25. The maximum atomic E-state index is 5.80. The Bertz CT molecular complexity index is 798. The zero-order chi connectivity index (χ0) is 15.5. The molecule has 0 saturated heterocycles. The molecule has 0 N–H and O–H groups in total. The summed E-state index contributed by atoms with van der Waals surface area (Å²) in [5.74, 6) is 1.67. The molecule has 1 aromatic heterocycles. The van der Waals surface area contributed by atoms with E-state index in [0.29, 0.717) is 0 Å². The number of hydrogen-bond acceptors (Lipinski definition) is 3. The van der Waals surface area contributed by atoms with Gasteiger partial charge in [-0.3, -0.25) is 0 Å². The molecule has 112 valence electrons. The summed E-state index contributed by atoms with van der Waals surface area (Å²) in [6, 6.07) is 16.2. The van der Waals surface area contributed by atoms with E-state index in [2.05, 4.69) is 29.2 Å². The molecule has 3 aromatic rings. The van der Waals surface area contributed by atoms with Gasteiger partial charge in [0.25, 0.3) is 0 Å². The second-order valence-electron chi connectivity index (χ2n) is 5.37. The van der Waals surface area contributed by atoms with Crippen LogP contribution in [0.4, 0.5) is 5.69 Å². The minimum atomic E-state index is 0.833. The molecule has 3 rings (SSSR count). The first kappa shape index (κ1) is 14.3. The van der Waals surface area contributed by atoms with Crippen molar-refractivity contribution in [2.45, 2.75) is 0 Å². The number of ether oxygens (including phenoxy) is 1. The van der Waals surface area contributed by atoms with E-state index in [0.717, 1.165) is 28.0 Å². The fourth-order valence-electron chi connectivity index (χ4n) is 2.31. The van der Waals surface area contributed by atoms with Crippen LogP contribution >= 0.6 is 0 Å². The first-order chi connectivity index (χ1) is 10.7. The topological polar surface area (TPSA) is 25.6 Å². The van der Waals surface area contributed by atoms with Crippen molar-refractivity contribution in [2.75, 3.05) is 26.1 Å². The Labute approximate surface area is 130 Å². The predicted octanol–water partition coefficient (Wildman–Crippen LogP) is 4.68. The van der Waals surface area contributed by atoms with Crippen LogP contribution < -0.4 is 9.64 Å². The molecule has 0 spiro atoms. The average molecular weight is 293 g/mol. The van der Waals surface area contributed by atoms with E-state index in [1.54, 1.807) is 7.11 Å². The van der Waals surface area contributed by atoms with Crippen LogP contribution in [-0.2, 0) is 0 Å². The summed E-state index contributed by atoms with van der Waals surface area (Å²) < 4.78 is 11.0. The lowest BCUT2D eigenvalue weighted by atomic mass is 10.1. The van der Waals surface area contributed by atoms with Crippen molar-refractivity contribution in [1.29, 1.82) is 0 Å². The molecule has 0 saturated carbocycles. The van der Waals surface area contributed by atoms with Gasteiger partial charge in [-0.1, -0.05) is 18.2 Å². The highest BCUT2D eigenvalue weighted by atomic mass is 16.5. The fourth-order valence-corrected chi connectivity index (χ4v) is 2.31. The minimum absolute atomic E-state index is 0.833. The molecule has 1 heterocycles. The van der Waals surface area contributed by atoms with Crippen molar-refractivity contribution in [3.05, 3.63) is 59.9 Å². The molecule has 0 bridgehead atoms. The summed E-state index contributed by atoms with van der Waals surface area (Å²) in [5.41, 5.74) is 3.19. The zero-order valence-corrected chi connectivity index (χ0v) is 13.0. The van der Waals surface area contributed by atoms with E-state index in [1.165, 1.54) is 5.69 Å². The standard InChI is InChI=1S/C19H19NO2/c1-20(2)16-7-4-14(5-8-16)6-9-18-13-15-12-17(21-3)10-11-19(15)22-18/h4-13H,1-3H3/b9-6+. The highest BCUT2D eigenvalue weighted by Gasteiger charge is 2.02. The number of fused-ring (bicyclic) bond motifs is 1. The third-order valence-electron chi connectivity index (χ3n) is 3.59. The van der Waals surface area contributed by atoms with Gasteiger partial charge < -0.3 is 14.1 Å². The molecule has 0 radical (unpaired) electrons. The smallest absolute Gasteiger partial charge is 0.135 e. The molecular formula is C19H19NO2. The molecule has 3 heteroatoms. The van der Waals surface area contributed by atoms with Crippen LogP contribution in [0.5, 0.6) is 5.75 Å². The average Bonchev–Trinajstić information content (AvgIpc) is 2.95. The summed E-state index contributed by atoms with van der Waals surface area (Å²) in [4.78, 5) is 2.08. The largest absolute Gasteiger partial charge is 0.497 e. The van der Waals surface area contributed by atoms with Gasteiger partial charge in [0, 0.05) is 25.2 Å².